The second kappa shape index (κ2) is 5.45. The van der Waals surface area contributed by atoms with Crippen molar-refractivity contribution in [2.45, 2.75) is 45.7 Å². The van der Waals surface area contributed by atoms with Gasteiger partial charge in [-0.1, -0.05) is 81.4 Å². The van der Waals surface area contributed by atoms with Crippen molar-refractivity contribution in [1.29, 1.82) is 0 Å². The Balaban J connectivity index is 1.86. The molecule has 4 rings (SSSR count). The van der Waals surface area contributed by atoms with Crippen LogP contribution in [0, 0.1) is 16.7 Å². The summed E-state index contributed by atoms with van der Waals surface area (Å²) in [4.78, 5) is 0. The monoisotopic (exact) mass is 322 g/mol. The van der Waals surface area contributed by atoms with Crippen LogP contribution in [-0.4, -0.2) is 5.66 Å². The van der Waals surface area contributed by atoms with Crippen LogP contribution in [0.5, 0.6) is 0 Å². The standard InChI is InChI=1S/C22H27P/c1-21(2)17-14-15-22(3,16-17)20(21)23(18-10-6-4-7-11-18)19-12-8-5-9-13-19/h4-13,17,20H,14-16H2,1-3H3/t17-,20+,22-/m0/s1. The lowest BCUT2D eigenvalue weighted by molar-refractivity contribution is 0.192. The quantitative estimate of drug-likeness (QED) is 0.670. The zero-order valence-electron chi connectivity index (χ0n) is 14.5. The third kappa shape index (κ3) is 2.38. The molecule has 23 heavy (non-hydrogen) atoms. The summed E-state index contributed by atoms with van der Waals surface area (Å²) in [5, 5.41) is 3.11. The zero-order chi connectivity index (χ0) is 16.1. The Kier molecular flexibility index (Phi) is 3.65. The van der Waals surface area contributed by atoms with Gasteiger partial charge in [-0.05, 0) is 60.2 Å². The molecule has 2 aliphatic carbocycles. The Morgan fingerprint density at radius 3 is 1.78 bits per heavy atom. The normalized spacial score (nSPS) is 31.7. The van der Waals surface area contributed by atoms with Gasteiger partial charge in [0.1, 0.15) is 0 Å². The number of rotatable bonds is 3. The maximum atomic E-state index is 2.58. The van der Waals surface area contributed by atoms with Gasteiger partial charge in [0.25, 0.3) is 0 Å². The first kappa shape index (κ1) is 15.4. The summed E-state index contributed by atoms with van der Waals surface area (Å²) in [5.74, 6) is 0.912. The van der Waals surface area contributed by atoms with E-state index in [4.69, 9.17) is 0 Å². The molecular formula is C22H27P. The molecule has 2 aromatic rings. The van der Waals surface area contributed by atoms with Crippen molar-refractivity contribution in [2.24, 2.45) is 16.7 Å². The summed E-state index contributed by atoms with van der Waals surface area (Å²) in [6, 6.07) is 22.6. The highest BCUT2D eigenvalue weighted by atomic mass is 31.1. The lowest BCUT2D eigenvalue weighted by Crippen LogP contribution is -2.42. The van der Waals surface area contributed by atoms with E-state index in [1.807, 2.05) is 0 Å². The fourth-order valence-electron chi connectivity index (χ4n) is 5.54. The van der Waals surface area contributed by atoms with Crippen molar-refractivity contribution in [1.82, 2.24) is 0 Å². The van der Waals surface area contributed by atoms with Crippen LogP contribution in [0.15, 0.2) is 60.7 Å². The minimum Gasteiger partial charge on any atom is -0.0622 e. The molecule has 0 saturated heterocycles. The summed E-state index contributed by atoms with van der Waals surface area (Å²) >= 11 is 0. The van der Waals surface area contributed by atoms with Crippen molar-refractivity contribution >= 4 is 18.5 Å². The SMILES string of the molecule is CC1(C)[C@H]2CC[C@@](C)(C2)[C@@H]1P(c1ccccc1)c1ccccc1. The molecule has 0 nitrogen and oxygen atoms in total. The predicted molar refractivity (Wildman–Crippen MR) is 102 cm³/mol. The number of fused-ring (bicyclic) bond motifs is 2. The maximum absolute atomic E-state index is 2.58. The van der Waals surface area contributed by atoms with Gasteiger partial charge >= 0.3 is 0 Å². The molecule has 120 valence electrons. The lowest BCUT2D eigenvalue weighted by atomic mass is 9.72. The molecule has 0 aromatic heterocycles. The van der Waals surface area contributed by atoms with E-state index in [-0.39, 0.29) is 7.92 Å². The van der Waals surface area contributed by atoms with Crippen LogP contribution in [-0.2, 0) is 0 Å². The van der Waals surface area contributed by atoms with Gasteiger partial charge in [-0.25, -0.2) is 0 Å². The summed E-state index contributed by atoms with van der Waals surface area (Å²) in [7, 11) is -0.303. The van der Waals surface area contributed by atoms with Gasteiger partial charge < -0.3 is 0 Å². The van der Waals surface area contributed by atoms with Gasteiger partial charge in [-0.15, -0.1) is 0 Å². The van der Waals surface area contributed by atoms with Crippen molar-refractivity contribution in [3.05, 3.63) is 60.7 Å². The van der Waals surface area contributed by atoms with Crippen molar-refractivity contribution in [3.63, 3.8) is 0 Å². The van der Waals surface area contributed by atoms with E-state index >= 15 is 0 Å². The van der Waals surface area contributed by atoms with E-state index in [1.54, 1.807) is 10.6 Å². The molecule has 0 radical (unpaired) electrons. The number of hydrogen-bond donors (Lipinski definition) is 0. The molecule has 2 aliphatic rings. The van der Waals surface area contributed by atoms with E-state index in [2.05, 4.69) is 81.4 Å². The van der Waals surface area contributed by atoms with Gasteiger partial charge in [-0.3, -0.25) is 0 Å². The second-order valence-corrected chi connectivity index (χ2v) is 10.6. The minimum absolute atomic E-state index is 0.303. The maximum Gasteiger partial charge on any atom is -0.00208 e. The fraction of sp³-hybridized carbons (Fsp3) is 0.455. The molecule has 2 fully saturated rings. The van der Waals surface area contributed by atoms with Crippen molar-refractivity contribution < 1.29 is 0 Å². The summed E-state index contributed by atoms with van der Waals surface area (Å²) < 4.78 is 0. The van der Waals surface area contributed by atoms with Crippen LogP contribution in [0.2, 0.25) is 0 Å². The predicted octanol–water partition coefficient (Wildman–Crippen LogP) is 5.33. The third-order valence-corrected chi connectivity index (χ3v) is 10.0. The summed E-state index contributed by atoms with van der Waals surface area (Å²) in [6.07, 6.45) is 4.29. The van der Waals surface area contributed by atoms with Crippen LogP contribution in [0.1, 0.15) is 40.0 Å². The first-order valence-corrected chi connectivity index (χ1v) is 10.3. The molecular weight excluding hydrogens is 295 g/mol. The molecule has 0 N–H and O–H groups in total. The molecule has 2 saturated carbocycles. The Morgan fingerprint density at radius 1 is 0.826 bits per heavy atom. The van der Waals surface area contributed by atoms with Crippen LogP contribution < -0.4 is 10.6 Å². The number of benzene rings is 2. The lowest BCUT2D eigenvalue weighted by Gasteiger charge is -2.47. The van der Waals surface area contributed by atoms with Crippen molar-refractivity contribution in [3.8, 4) is 0 Å². The van der Waals surface area contributed by atoms with E-state index in [0.29, 0.717) is 10.8 Å². The molecule has 2 bridgehead atoms. The van der Waals surface area contributed by atoms with Gasteiger partial charge in [0, 0.05) is 0 Å². The molecule has 0 unspecified atom stereocenters. The first-order chi connectivity index (χ1) is 11.0. The molecule has 0 amide bonds. The molecule has 3 atom stereocenters. The van der Waals surface area contributed by atoms with Gasteiger partial charge in [-0.2, -0.15) is 0 Å². The minimum atomic E-state index is -0.303. The summed E-state index contributed by atoms with van der Waals surface area (Å²) in [6.45, 7) is 7.68. The third-order valence-electron chi connectivity index (χ3n) is 6.52. The fourth-order valence-corrected chi connectivity index (χ4v) is 9.16. The van der Waals surface area contributed by atoms with Crippen LogP contribution in [0.25, 0.3) is 0 Å². The summed E-state index contributed by atoms with van der Waals surface area (Å²) in [5.41, 5.74) is 1.75. The second-order valence-electron chi connectivity index (χ2n) is 8.36. The molecule has 0 spiro atoms. The highest BCUT2D eigenvalue weighted by molar-refractivity contribution is 7.73. The van der Waals surface area contributed by atoms with E-state index in [0.717, 1.165) is 11.6 Å². The molecule has 0 heterocycles. The molecule has 1 heteroatoms. The van der Waals surface area contributed by atoms with Gasteiger partial charge in [0.05, 0.1) is 0 Å². The van der Waals surface area contributed by atoms with Crippen LogP contribution in [0.3, 0.4) is 0 Å². The smallest absolute Gasteiger partial charge is 0.00208 e. The highest BCUT2D eigenvalue weighted by Crippen LogP contribution is 2.71. The Bertz CT molecular complexity index is 631. The van der Waals surface area contributed by atoms with Crippen LogP contribution in [0.4, 0.5) is 0 Å². The Labute approximate surface area is 142 Å². The van der Waals surface area contributed by atoms with Gasteiger partial charge in [0.15, 0.2) is 0 Å². The zero-order valence-corrected chi connectivity index (χ0v) is 15.4. The average Bonchev–Trinajstić information content (AvgIpc) is 3.04. The van der Waals surface area contributed by atoms with E-state index in [9.17, 15) is 0 Å². The first-order valence-electron chi connectivity index (χ1n) is 8.92. The van der Waals surface area contributed by atoms with E-state index < -0.39 is 0 Å². The topological polar surface area (TPSA) is 0 Å². The molecule has 2 aromatic carbocycles. The largest absolute Gasteiger partial charge is 0.0622 e. The Morgan fingerprint density at radius 2 is 1.35 bits per heavy atom. The number of hydrogen-bond acceptors (Lipinski definition) is 0. The van der Waals surface area contributed by atoms with Gasteiger partial charge in [0.2, 0.25) is 0 Å². The molecule has 0 aliphatic heterocycles. The average molecular weight is 322 g/mol. The highest BCUT2D eigenvalue weighted by Gasteiger charge is 2.61. The van der Waals surface area contributed by atoms with Crippen LogP contribution >= 0.6 is 7.92 Å². The van der Waals surface area contributed by atoms with Crippen molar-refractivity contribution in [2.75, 3.05) is 0 Å². The Hall–Kier alpha value is -1.13. The van der Waals surface area contributed by atoms with E-state index in [1.165, 1.54) is 19.3 Å².